The van der Waals surface area contributed by atoms with Gasteiger partial charge >= 0.3 is 0 Å². The first-order valence-corrected chi connectivity index (χ1v) is 4.55. The SMILES string of the molecule is N#Cc1cn(CCN)c2ccccc12. The van der Waals surface area contributed by atoms with Gasteiger partial charge in [0.05, 0.1) is 5.56 Å². The zero-order chi connectivity index (χ0) is 9.97. The van der Waals surface area contributed by atoms with Crippen molar-refractivity contribution in [3.05, 3.63) is 36.0 Å². The quantitative estimate of drug-likeness (QED) is 0.770. The molecule has 0 unspecified atom stereocenters. The third-order valence-corrected chi connectivity index (χ3v) is 2.28. The lowest BCUT2D eigenvalue weighted by Crippen LogP contribution is -2.08. The first kappa shape index (κ1) is 8.79. The average Bonchev–Trinajstić information content (AvgIpc) is 2.58. The van der Waals surface area contributed by atoms with Crippen molar-refractivity contribution < 1.29 is 0 Å². The fourth-order valence-electron chi connectivity index (χ4n) is 1.66. The van der Waals surface area contributed by atoms with Crippen LogP contribution in [0.3, 0.4) is 0 Å². The molecule has 3 heteroatoms. The summed E-state index contributed by atoms with van der Waals surface area (Å²) in [5.41, 5.74) is 7.29. The van der Waals surface area contributed by atoms with Crippen LogP contribution in [0, 0.1) is 11.3 Å². The van der Waals surface area contributed by atoms with Gasteiger partial charge in [-0.1, -0.05) is 18.2 Å². The minimum atomic E-state index is 0.587. The monoisotopic (exact) mass is 185 g/mol. The van der Waals surface area contributed by atoms with Crippen molar-refractivity contribution in [1.82, 2.24) is 4.57 Å². The molecule has 0 saturated carbocycles. The van der Waals surface area contributed by atoms with E-state index >= 15 is 0 Å². The molecule has 3 nitrogen and oxygen atoms in total. The summed E-state index contributed by atoms with van der Waals surface area (Å²) in [6, 6.07) is 10.1. The number of hydrogen-bond donors (Lipinski definition) is 1. The van der Waals surface area contributed by atoms with Crippen molar-refractivity contribution in [2.45, 2.75) is 6.54 Å². The van der Waals surface area contributed by atoms with Gasteiger partial charge < -0.3 is 10.3 Å². The maximum absolute atomic E-state index is 8.92. The summed E-state index contributed by atoms with van der Waals surface area (Å²) >= 11 is 0. The topological polar surface area (TPSA) is 54.7 Å². The Hall–Kier alpha value is -1.79. The van der Waals surface area contributed by atoms with Crippen molar-refractivity contribution in [2.75, 3.05) is 6.54 Å². The van der Waals surface area contributed by atoms with E-state index in [-0.39, 0.29) is 0 Å². The first-order valence-electron chi connectivity index (χ1n) is 4.55. The number of nitrogens with zero attached hydrogens (tertiary/aromatic N) is 2. The molecule has 0 atom stereocenters. The number of hydrogen-bond acceptors (Lipinski definition) is 2. The summed E-state index contributed by atoms with van der Waals surface area (Å²) in [7, 11) is 0. The smallest absolute Gasteiger partial charge is 0.101 e. The molecule has 14 heavy (non-hydrogen) atoms. The highest BCUT2D eigenvalue weighted by atomic mass is 15.0. The molecule has 2 rings (SSSR count). The molecular weight excluding hydrogens is 174 g/mol. The van der Waals surface area contributed by atoms with E-state index in [2.05, 4.69) is 6.07 Å². The van der Waals surface area contributed by atoms with E-state index in [0.29, 0.717) is 12.1 Å². The minimum Gasteiger partial charge on any atom is -0.345 e. The average molecular weight is 185 g/mol. The number of nitriles is 1. The van der Waals surface area contributed by atoms with Crippen LogP contribution in [-0.4, -0.2) is 11.1 Å². The second kappa shape index (κ2) is 3.52. The van der Waals surface area contributed by atoms with Crippen molar-refractivity contribution in [3.63, 3.8) is 0 Å². The summed E-state index contributed by atoms with van der Waals surface area (Å²) in [4.78, 5) is 0. The van der Waals surface area contributed by atoms with E-state index < -0.39 is 0 Å². The summed E-state index contributed by atoms with van der Waals surface area (Å²) in [6.45, 7) is 1.34. The fraction of sp³-hybridized carbons (Fsp3) is 0.182. The highest BCUT2D eigenvalue weighted by Gasteiger charge is 2.05. The molecule has 0 fully saturated rings. The maximum atomic E-state index is 8.92. The van der Waals surface area contributed by atoms with Crippen LogP contribution in [0.5, 0.6) is 0 Å². The molecule has 0 bridgehead atoms. The van der Waals surface area contributed by atoms with Crippen LogP contribution in [-0.2, 0) is 6.54 Å². The Morgan fingerprint density at radius 1 is 1.36 bits per heavy atom. The number of para-hydroxylation sites is 1. The zero-order valence-electron chi connectivity index (χ0n) is 7.77. The molecule has 0 aliphatic carbocycles. The molecule has 2 N–H and O–H groups in total. The molecule has 70 valence electrons. The number of benzene rings is 1. The molecule has 0 spiro atoms. The summed E-state index contributed by atoms with van der Waals surface area (Å²) in [5, 5.41) is 9.93. The number of fused-ring (bicyclic) bond motifs is 1. The van der Waals surface area contributed by atoms with Gasteiger partial charge in [-0.3, -0.25) is 0 Å². The Kier molecular flexibility index (Phi) is 2.21. The molecule has 0 amide bonds. The van der Waals surface area contributed by atoms with Crippen LogP contribution in [0.25, 0.3) is 10.9 Å². The van der Waals surface area contributed by atoms with Gasteiger partial charge in [-0.05, 0) is 6.07 Å². The summed E-state index contributed by atoms with van der Waals surface area (Å²) in [5.74, 6) is 0. The zero-order valence-corrected chi connectivity index (χ0v) is 7.77. The predicted molar refractivity (Wildman–Crippen MR) is 55.7 cm³/mol. The van der Waals surface area contributed by atoms with Crippen LogP contribution < -0.4 is 5.73 Å². The van der Waals surface area contributed by atoms with Crippen LogP contribution in [0.2, 0.25) is 0 Å². The van der Waals surface area contributed by atoms with Crippen molar-refractivity contribution in [2.24, 2.45) is 5.73 Å². The molecule has 1 aromatic heterocycles. The van der Waals surface area contributed by atoms with Gasteiger partial charge in [0.25, 0.3) is 0 Å². The lowest BCUT2D eigenvalue weighted by molar-refractivity contribution is 0.735. The van der Waals surface area contributed by atoms with Crippen LogP contribution in [0.4, 0.5) is 0 Å². The molecule has 0 radical (unpaired) electrons. The normalized spacial score (nSPS) is 10.3. The fourth-order valence-corrected chi connectivity index (χ4v) is 1.66. The van der Waals surface area contributed by atoms with Crippen LogP contribution in [0.15, 0.2) is 30.5 Å². The Bertz CT molecular complexity index is 491. The molecule has 0 aliphatic rings. The Morgan fingerprint density at radius 2 is 2.14 bits per heavy atom. The maximum Gasteiger partial charge on any atom is 0.101 e. The predicted octanol–water partition coefficient (Wildman–Crippen LogP) is 1.47. The number of nitrogens with two attached hydrogens (primary N) is 1. The van der Waals surface area contributed by atoms with Crippen molar-refractivity contribution in [3.8, 4) is 6.07 Å². The number of aromatic nitrogens is 1. The van der Waals surface area contributed by atoms with Crippen molar-refractivity contribution >= 4 is 10.9 Å². The highest BCUT2D eigenvalue weighted by molar-refractivity contribution is 5.86. The van der Waals surface area contributed by atoms with E-state index in [9.17, 15) is 0 Å². The van der Waals surface area contributed by atoms with Gasteiger partial charge in [0.1, 0.15) is 6.07 Å². The van der Waals surface area contributed by atoms with E-state index in [1.165, 1.54) is 0 Å². The molecule has 1 aromatic carbocycles. The van der Waals surface area contributed by atoms with Crippen LogP contribution >= 0.6 is 0 Å². The third-order valence-electron chi connectivity index (χ3n) is 2.28. The molecule has 0 aliphatic heterocycles. The summed E-state index contributed by atoms with van der Waals surface area (Å²) in [6.07, 6.45) is 1.86. The van der Waals surface area contributed by atoms with E-state index in [1.807, 2.05) is 35.0 Å². The first-order chi connectivity index (χ1) is 6.86. The Labute approximate surface area is 82.4 Å². The van der Waals surface area contributed by atoms with E-state index in [1.54, 1.807) is 0 Å². The molecule has 2 aromatic rings. The van der Waals surface area contributed by atoms with Gasteiger partial charge in [0.15, 0.2) is 0 Å². The third kappa shape index (κ3) is 1.26. The lowest BCUT2D eigenvalue weighted by Gasteiger charge is -2.00. The van der Waals surface area contributed by atoms with E-state index in [4.69, 9.17) is 11.0 Å². The summed E-state index contributed by atoms with van der Waals surface area (Å²) < 4.78 is 2.02. The Morgan fingerprint density at radius 3 is 2.86 bits per heavy atom. The second-order valence-corrected chi connectivity index (χ2v) is 3.15. The van der Waals surface area contributed by atoms with Gasteiger partial charge in [0, 0.05) is 30.2 Å². The highest BCUT2D eigenvalue weighted by Crippen LogP contribution is 2.19. The van der Waals surface area contributed by atoms with Gasteiger partial charge in [-0.15, -0.1) is 0 Å². The number of rotatable bonds is 2. The van der Waals surface area contributed by atoms with E-state index in [0.717, 1.165) is 17.4 Å². The molecule has 0 saturated heterocycles. The molecular formula is C11H11N3. The van der Waals surface area contributed by atoms with Gasteiger partial charge in [-0.2, -0.15) is 5.26 Å². The van der Waals surface area contributed by atoms with Gasteiger partial charge in [0.2, 0.25) is 0 Å². The van der Waals surface area contributed by atoms with Crippen molar-refractivity contribution in [1.29, 1.82) is 5.26 Å². The van der Waals surface area contributed by atoms with Crippen LogP contribution in [0.1, 0.15) is 5.56 Å². The van der Waals surface area contributed by atoms with Gasteiger partial charge in [-0.25, -0.2) is 0 Å². The largest absolute Gasteiger partial charge is 0.345 e. The standard InChI is InChI=1S/C11H11N3/c12-5-6-14-8-9(7-13)10-3-1-2-4-11(10)14/h1-4,8H,5-6,12H2. The minimum absolute atomic E-state index is 0.587. The Balaban J connectivity index is 2.68. The molecule has 1 heterocycles. The second-order valence-electron chi connectivity index (χ2n) is 3.15. The lowest BCUT2D eigenvalue weighted by atomic mass is 10.2.